The molecule has 14 heavy (non-hydrogen) atoms. The molecule has 4 aliphatic carbocycles. The van der Waals surface area contributed by atoms with Gasteiger partial charge in [0.2, 0.25) is 0 Å². The van der Waals surface area contributed by atoms with Crippen LogP contribution in [0.25, 0.3) is 0 Å². The van der Waals surface area contributed by atoms with Gasteiger partial charge in [-0.2, -0.15) is 0 Å². The molecule has 0 N–H and O–H groups in total. The average Bonchev–Trinajstić information content (AvgIpc) is 2.92. The molecule has 0 spiro atoms. The van der Waals surface area contributed by atoms with Gasteiger partial charge in [0.15, 0.2) is 0 Å². The summed E-state index contributed by atoms with van der Waals surface area (Å²) in [6.45, 7) is 0. The first-order chi connectivity index (χ1) is 6.77. The van der Waals surface area contributed by atoms with E-state index in [-0.39, 0.29) is 23.8 Å². The van der Waals surface area contributed by atoms with Gasteiger partial charge in [0.1, 0.15) is 0 Å². The Labute approximate surface area is 81.1 Å². The highest BCUT2D eigenvalue weighted by atomic mass is 16.6. The summed E-state index contributed by atoms with van der Waals surface area (Å²) < 4.78 is 4.74. The lowest BCUT2D eigenvalue weighted by molar-refractivity contribution is -0.154. The molecule has 0 amide bonds. The number of hydrogen-bond acceptors (Lipinski definition) is 3. The maximum Gasteiger partial charge on any atom is 0.318 e. The van der Waals surface area contributed by atoms with Crippen molar-refractivity contribution in [2.45, 2.75) is 6.42 Å². The Morgan fingerprint density at radius 1 is 1.00 bits per heavy atom. The Kier molecular flexibility index (Phi) is 1.00. The molecule has 0 aromatic heterocycles. The fourth-order valence-electron chi connectivity index (χ4n) is 3.76. The Morgan fingerprint density at radius 2 is 1.50 bits per heavy atom. The van der Waals surface area contributed by atoms with Gasteiger partial charge in [-0.1, -0.05) is 12.2 Å². The van der Waals surface area contributed by atoms with Gasteiger partial charge in [-0.15, -0.1) is 0 Å². The highest BCUT2D eigenvalue weighted by molar-refractivity contribution is 5.97. The zero-order valence-electron chi connectivity index (χ0n) is 7.55. The second-order valence-electron chi connectivity index (χ2n) is 4.89. The van der Waals surface area contributed by atoms with Crippen molar-refractivity contribution in [3.8, 4) is 0 Å². The molecule has 2 saturated carbocycles. The fraction of sp³-hybridized carbons (Fsp3) is 0.636. The lowest BCUT2D eigenvalue weighted by Gasteiger charge is -2.36. The van der Waals surface area contributed by atoms with Crippen molar-refractivity contribution in [1.82, 2.24) is 0 Å². The summed E-state index contributed by atoms with van der Waals surface area (Å²) in [6.07, 6.45) is 5.48. The molecule has 0 unspecified atom stereocenters. The van der Waals surface area contributed by atoms with Crippen LogP contribution in [0.5, 0.6) is 0 Å². The average molecular weight is 190 g/mol. The van der Waals surface area contributed by atoms with Gasteiger partial charge in [0.25, 0.3) is 0 Å². The quantitative estimate of drug-likeness (QED) is 0.321. The Balaban J connectivity index is 1.88. The number of carbonyl (C=O) groups is 2. The minimum Gasteiger partial charge on any atom is -0.393 e. The molecule has 0 aromatic carbocycles. The van der Waals surface area contributed by atoms with E-state index in [1.807, 2.05) is 0 Å². The van der Waals surface area contributed by atoms with Crippen LogP contribution in [0, 0.1) is 35.5 Å². The zero-order chi connectivity index (χ0) is 9.45. The molecule has 0 aromatic rings. The van der Waals surface area contributed by atoms with E-state index in [4.69, 9.17) is 4.74 Å². The lowest BCUT2D eigenvalue weighted by atomic mass is 9.63. The van der Waals surface area contributed by atoms with E-state index in [0.717, 1.165) is 0 Å². The predicted molar refractivity (Wildman–Crippen MR) is 45.8 cm³/mol. The Bertz CT molecular complexity index is 350. The van der Waals surface area contributed by atoms with Gasteiger partial charge in [-0.05, 0) is 30.1 Å². The minimum absolute atomic E-state index is 0.138. The first-order valence-corrected chi connectivity index (χ1v) is 5.21. The third-order valence-corrected chi connectivity index (χ3v) is 4.40. The van der Waals surface area contributed by atoms with Gasteiger partial charge >= 0.3 is 11.9 Å². The zero-order valence-corrected chi connectivity index (χ0v) is 7.55. The van der Waals surface area contributed by atoms with E-state index in [1.54, 1.807) is 0 Å². The van der Waals surface area contributed by atoms with E-state index < -0.39 is 0 Å². The third kappa shape index (κ3) is 0.606. The molecule has 72 valence electrons. The maximum absolute atomic E-state index is 11.5. The van der Waals surface area contributed by atoms with Crippen molar-refractivity contribution in [1.29, 1.82) is 0 Å². The molecule has 1 aliphatic heterocycles. The molecular formula is C11H10O3. The lowest BCUT2D eigenvalue weighted by Crippen LogP contribution is -2.40. The van der Waals surface area contributed by atoms with E-state index in [0.29, 0.717) is 23.7 Å². The van der Waals surface area contributed by atoms with Crippen LogP contribution in [-0.4, -0.2) is 11.9 Å². The number of esters is 2. The summed E-state index contributed by atoms with van der Waals surface area (Å²) in [5, 5.41) is 0. The van der Waals surface area contributed by atoms with Crippen LogP contribution in [0.3, 0.4) is 0 Å². The summed E-state index contributed by atoms with van der Waals surface area (Å²) in [5.74, 6) is 1.12. The van der Waals surface area contributed by atoms with E-state index in [2.05, 4.69) is 12.2 Å². The van der Waals surface area contributed by atoms with Crippen molar-refractivity contribution in [3.63, 3.8) is 0 Å². The topological polar surface area (TPSA) is 43.4 Å². The Hall–Kier alpha value is -1.12. The summed E-state index contributed by atoms with van der Waals surface area (Å²) in [4.78, 5) is 23.0. The van der Waals surface area contributed by atoms with Gasteiger partial charge < -0.3 is 4.74 Å². The highest BCUT2D eigenvalue weighted by Crippen LogP contribution is 2.65. The van der Waals surface area contributed by atoms with Crippen LogP contribution in [0.2, 0.25) is 0 Å². The Morgan fingerprint density at radius 3 is 2.00 bits per heavy atom. The van der Waals surface area contributed by atoms with Gasteiger partial charge in [-0.25, -0.2) is 0 Å². The molecule has 1 heterocycles. The molecule has 5 rings (SSSR count). The number of allylic oxidation sites excluding steroid dienone is 2. The van der Waals surface area contributed by atoms with Crippen molar-refractivity contribution < 1.29 is 14.3 Å². The number of rotatable bonds is 0. The van der Waals surface area contributed by atoms with Crippen LogP contribution in [-0.2, 0) is 14.3 Å². The smallest absolute Gasteiger partial charge is 0.318 e. The third-order valence-electron chi connectivity index (χ3n) is 4.40. The number of hydrogen-bond donors (Lipinski definition) is 0. The molecule has 0 radical (unpaired) electrons. The molecule has 3 nitrogen and oxygen atoms in total. The van der Waals surface area contributed by atoms with Crippen LogP contribution in [0.4, 0.5) is 0 Å². The maximum atomic E-state index is 11.5. The van der Waals surface area contributed by atoms with E-state index in [1.165, 1.54) is 6.42 Å². The second kappa shape index (κ2) is 1.95. The first-order valence-electron chi connectivity index (χ1n) is 5.21. The number of ether oxygens (including phenoxy) is 1. The van der Waals surface area contributed by atoms with Crippen molar-refractivity contribution >= 4 is 11.9 Å². The molecule has 3 fully saturated rings. The van der Waals surface area contributed by atoms with Crippen LogP contribution in [0.1, 0.15) is 6.42 Å². The van der Waals surface area contributed by atoms with Gasteiger partial charge in [-0.3, -0.25) is 9.59 Å². The van der Waals surface area contributed by atoms with Crippen molar-refractivity contribution in [2.75, 3.05) is 0 Å². The van der Waals surface area contributed by atoms with Crippen molar-refractivity contribution in [3.05, 3.63) is 12.2 Å². The summed E-state index contributed by atoms with van der Waals surface area (Å²) >= 11 is 0. The second-order valence-corrected chi connectivity index (χ2v) is 4.89. The number of cyclic esters (lactones) is 2. The van der Waals surface area contributed by atoms with Gasteiger partial charge in [0.05, 0.1) is 11.8 Å². The summed E-state index contributed by atoms with van der Waals surface area (Å²) in [7, 11) is 0. The van der Waals surface area contributed by atoms with E-state index in [9.17, 15) is 9.59 Å². The van der Waals surface area contributed by atoms with Crippen LogP contribution >= 0.6 is 0 Å². The first kappa shape index (κ1) is 7.21. The monoisotopic (exact) mass is 190 g/mol. The molecule has 5 aliphatic rings. The van der Waals surface area contributed by atoms with Gasteiger partial charge in [0, 0.05) is 0 Å². The molecule has 1 saturated heterocycles. The predicted octanol–water partition coefficient (Wildman–Crippen LogP) is 0.754. The molecule has 6 atom stereocenters. The minimum atomic E-state index is -0.273. The van der Waals surface area contributed by atoms with E-state index >= 15 is 0 Å². The fourth-order valence-corrected chi connectivity index (χ4v) is 3.76. The highest BCUT2D eigenvalue weighted by Gasteiger charge is 2.66. The molecule has 2 bridgehead atoms. The SMILES string of the molecule is O=C1OC(=O)[C@@H]2[C@@H]3C=C[C@H]([C@H]4C[C@@H]34)[C@@H]12. The molecular weight excluding hydrogens is 180 g/mol. The normalized spacial score (nSPS) is 56.9. The summed E-state index contributed by atoms with van der Waals surface area (Å²) in [5.41, 5.74) is 0. The number of carbonyl (C=O) groups excluding carboxylic acids is 2. The molecule has 3 heteroatoms. The standard InChI is InChI=1S/C11H10O3/c12-10-8-4-1-2-5(7-3-6(4)7)9(8)11(13)14-10/h1-2,4-9H,3H2/t4-,5-,6-,7+,8-,9-/m1/s1. The van der Waals surface area contributed by atoms with Crippen molar-refractivity contribution in [2.24, 2.45) is 35.5 Å². The van der Waals surface area contributed by atoms with Crippen LogP contribution in [0.15, 0.2) is 12.2 Å². The summed E-state index contributed by atoms with van der Waals surface area (Å²) in [6, 6.07) is 0. The van der Waals surface area contributed by atoms with Crippen LogP contribution < -0.4 is 0 Å². The largest absolute Gasteiger partial charge is 0.393 e.